The highest BCUT2D eigenvalue weighted by Crippen LogP contribution is 2.24. The Morgan fingerprint density at radius 1 is 1.34 bits per heavy atom. The van der Waals surface area contributed by atoms with E-state index in [0.29, 0.717) is 40.5 Å². The van der Waals surface area contributed by atoms with Crippen LogP contribution in [-0.4, -0.2) is 41.1 Å². The van der Waals surface area contributed by atoms with E-state index < -0.39 is 0 Å². The lowest BCUT2D eigenvalue weighted by atomic mass is 9.89. The zero-order valence-electron chi connectivity index (χ0n) is 17.0. The van der Waals surface area contributed by atoms with Gasteiger partial charge in [0, 0.05) is 17.8 Å². The molecule has 156 valence electrons. The molecule has 1 atom stereocenters. The van der Waals surface area contributed by atoms with E-state index in [9.17, 15) is 9.18 Å². The number of halogens is 1. The maximum absolute atomic E-state index is 13.8. The topological polar surface area (TPSA) is 67.5 Å². The summed E-state index contributed by atoms with van der Waals surface area (Å²) in [5.41, 5.74) is 8.63. The number of Topliss-reactive ketones (excluding diaryl/α,β-unsaturated/α-hetero) is 1. The lowest BCUT2D eigenvalue weighted by Crippen LogP contribution is -2.39. The van der Waals surface area contributed by atoms with Gasteiger partial charge in [-0.2, -0.15) is 10.5 Å². The first-order valence-electron chi connectivity index (χ1n) is 10.2. The molecule has 2 aliphatic rings. The average Bonchev–Trinajstić information content (AvgIpc) is 2.70. The Hall–Kier alpha value is -2.05. The van der Waals surface area contributed by atoms with Gasteiger partial charge in [0.05, 0.1) is 18.3 Å². The number of carbonyl (C=O) groups excluding carboxylic acids is 1. The van der Waals surface area contributed by atoms with Crippen LogP contribution in [-0.2, 0) is 11.2 Å². The second kappa shape index (κ2) is 10.1. The molecular weight excluding hydrogens is 385 g/mol. The Bertz CT molecular complexity index is 865. The van der Waals surface area contributed by atoms with Gasteiger partial charge in [-0.05, 0) is 67.4 Å². The summed E-state index contributed by atoms with van der Waals surface area (Å²) in [6.45, 7) is 2.02. The summed E-state index contributed by atoms with van der Waals surface area (Å²) in [4.78, 5) is 17.4. The first kappa shape index (κ1) is 21.7. The van der Waals surface area contributed by atoms with Crippen molar-refractivity contribution in [2.75, 3.05) is 11.5 Å². The van der Waals surface area contributed by atoms with Crippen LogP contribution in [0.4, 0.5) is 4.39 Å². The Morgan fingerprint density at radius 2 is 2.07 bits per heavy atom. The van der Waals surface area contributed by atoms with Crippen molar-refractivity contribution in [2.45, 2.75) is 51.2 Å². The number of nitrogens with zero attached hydrogens (tertiary/aromatic N) is 1. The number of nitrogens with one attached hydrogen (secondary N) is 1. The first-order valence-corrected chi connectivity index (χ1v) is 11.9. The average molecular weight is 416 g/mol. The predicted molar refractivity (Wildman–Crippen MR) is 122 cm³/mol. The van der Waals surface area contributed by atoms with E-state index in [1.165, 1.54) is 23.8 Å². The number of rotatable bonds is 6. The molecule has 3 N–H and O–H groups in total. The number of nitrogens with two attached hydrogens (primary N) is 1. The molecule has 1 aliphatic heterocycles. The Balaban J connectivity index is 1.64. The van der Waals surface area contributed by atoms with Crippen molar-refractivity contribution in [3.05, 3.63) is 59.1 Å². The van der Waals surface area contributed by atoms with E-state index in [1.807, 2.05) is 19.1 Å². The van der Waals surface area contributed by atoms with E-state index in [4.69, 9.17) is 10.7 Å². The summed E-state index contributed by atoms with van der Waals surface area (Å²) >= 11 is 0. The van der Waals surface area contributed by atoms with Crippen molar-refractivity contribution in [3.8, 4) is 0 Å². The fraction of sp³-hybridized carbons (Fsp3) is 0.435. The van der Waals surface area contributed by atoms with Crippen molar-refractivity contribution in [3.63, 3.8) is 0 Å². The summed E-state index contributed by atoms with van der Waals surface area (Å²) in [6.07, 6.45) is 6.72. The fourth-order valence-electron chi connectivity index (χ4n) is 3.81. The minimum Gasteiger partial charge on any atom is -0.404 e. The van der Waals surface area contributed by atoms with E-state index >= 15 is 0 Å². The standard InChI is InChI=1S/C23H30FN3OS/c1-16(26-20-9-11-29(2)12-10-20)27-22-14-23(28)18(13-19(22)15-25)8-7-17-5-3-4-6-21(17)24/h3-6,13,15-16,20,26H,2,7-12,14,25H2,1H3/b19-15-,27-22?. The maximum atomic E-state index is 13.8. The second-order valence-corrected chi connectivity index (χ2v) is 9.74. The van der Waals surface area contributed by atoms with Gasteiger partial charge in [0.15, 0.2) is 5.78 Å². The molecule has 0 spiro atoms. The van der Waals surface area contributed by atoms with Crippen LogP contribution in [0, 0.1) is 5.82 Å². The molecule has 1 aromatic carbocycles. The zero-order chi connectivity index (χ0) is 20.8. The molecule has 0 radical (unpaired) electrons. The van der Waals surface area contributed by atoms with Gasteiger partial charge >= 0.3 is 0 Å². The number of ketones is 1. The number of hydrogen-bond donors (Lipinski definition) is 2. The van der Waals surface area contributed by atoms with Gasteiger partial charge in [-0.1, -0.05) is 24.1 Å². The lowest BCUT2D eigenvalue weighted by Gasteiger charge is -2.27. The van der Waals surface area contributed by atoms with Gasteiger partial charge in [0.2, 0.25) is 0 Å². The predicted octanol–water partition coefficient (Wildman–Crippen LogP) is 3.74. The summed E-state index contributed by atoms with van der Waals surface area (Å²) in [6, 6.07) is 7.13. The van der Waals surface area contributed by atoms with Gasteiger partial charge in [-0.15, -0.1) is 0 Å². The number of hydrogen-bond acceptors (Lipinski definition) is 4. The van der Waals surface area contributed by atoms with Crippen molar-refractivity contribution >= 4 is 27.8 Å². The molecule has 1 fully saturated rings. The van der Waals surface area contributed by atoms with Crippen molar-refractivity contribution in [1.82, 2.24) is 5.32 Å². The molecule has 1 saturated heterocycles. The van der Waals surface area contributed by atoms with E-state index in [2.05, 4.69) is 11.2 Å². The number of carbonyl (C=O) groups is 1. The maximum Gasteiger partial charge on any atom is 0.164 e. The minimum atomic E-state index is -0.235. The number of benzene rings is 1. The van der Waals surface area contributed by atoms with E-state index in [0.717, 1.165) is 24.1 Å². The molecule has 0 saturated carbocycles. The van der Waals surface area contributed by atoms with Crippen LogP contribution in [0.2, 0.25) is 0 Å². The molecule has 6 heteroatoms. The summed E-state index contributed by atoms with van der Waals surface area (Å²) in [7, 11) is 0.307. The van der Waals surface area contributed by atoms with E-state index in [1.54, 1.807) is 12.1 Å². The van der Waals surface area contributed by atoms with Crippen LogP contribution in [0.15, 0.2) is 52.7 Å². The molecule has 1 heterocycles. The third-order valence-corrected chi connectivity index (χ3v) is 7.11. The van der Waals surface area contributed by atoms with Crippen molar-refractivity contribution in [2.24, 2.45) is 10.7 Å². The van der Waals surface area contributed by atoms with Crippen LogP contribution in [0.3, 0.4) is 0 Å². The summed E-state index contributed by atoms with van der Waals surface area (Å²) < 4.78 is 13.8. The van der Waals surface area contributed by atoms with Gasteiger partial charge < -0.3 is 5.73 Å². The number of aliphatic imine (C=N–C) groups is 1. The van der Waals surface area contributed by atoms with Gasteiger partial charge in [0.1, 0.15) is 5.82 Å². The molecule has 1 aromatic rings. The molecule has 0 aromatic heterocycles. The molecule has 0 bridgehead atoms. The molecule has 1 aliphatic carbocycles. The molecule has 1 unspecified atom stereocenters. The monoisotopic (exact) mass is 415 g/mol. The van der Waals surface area contributed by atoms with E-state index in [-0.39, 0.29) is 24.2 Å². The van der Waals surface area contributed by atoms with Crippen LogP contribution in [0.25, 0.3) is 0 Å². The molecule has 3 rings (SSSR count). The zero-order valence-corrected chi connectivity index (χ0v) is 17.8. The van der Waals surface area contributed by atoms with Crippen LogP contribution >= 0.6 is 10.5 Å². The first-order chi connectivity index (χ1) is 14.0. The third kappa shape index (κ3) is 5.97. The van der Waals surface area contributed by atoms with Crippen LogP contribution in [0.1, 0.15) is 38.2 Å². The Labute approximate surface area is 175 Å². The third-order valence-electron chi connectivity index (χ3n) is 5.49. The molecular formula is C23H30FN3OS. The largest absolute Gasteiger partial charge is 0.404 e. The normalized spacial score (nSPS) is 26.6. The lowest BCUT2D eigenvalue weighted by molar-refractivity contribution is -0.114. The van der Waals surface area contributed by atoms with Gasteiger partial charge in [-0.3, -0.25) is 15.1 Å². The van der Waals surface area contributed by atoms with Gasteiger partial charge in [-0.25, -0.2) is 4.39 Å². The highest BCUT2D eigenvalue weighted by atomic mass is 32.2. The van der Waals surface area contributed by atoms with Crippen molar-refractivity contribution in [1.29, 1.82) is 0 Å². The quantitative estimate of drug-likeness (QED) is 0.696. The van der Waals surface area contributed by atoms with Crippen LogP contribution in [0.5, 0.6) is 0 Å². The second-order valence-electron chi connectivity index (χ2n) is 7.70. The Morgan fingerprint density at radius 3 is 2.76 bits per heavy atom. The molecule has 4 nitrogen and oxygen atoms in total. The molecule has 0 amide bonds. The summed E-state index contributed by atoms with van der Waals surface area (Å²) in [5, 5.41) is 3.56. The summed E-state index contributed by atoms with van der Waals surface area (Å²) in [5.74, 6) is 6.31. The smallest absolute Gasteiger partial charge is 0.164 e. The number of allylic oxidation sites excluding steroid dienone is 3. The highest BCUT2D eigenvalue weighted by molar-refractivity contribution is 8.14. The SMILES string of the molecule is C=S1CCC(NC(C)N=C2CC(=O)C(CCc3ccccc3F)=C/C2=C/N)CC1. The Kier molecular flexibility index (Phi) is 7.56. The van der Waals surface area contributed by atoms with Crippen molar-refractivity contribution < 1.29 is 9.18 Å². The minimum absolute atomic E-state index is 0.0386. The molecule has 29 heavy (non-hydrogen) atoms. The number of aryl methyl sites for hydroxylation is 1. The van der Waals surface area contributed by atoms with Crippen LogP contribution < -0.4 is 11.1 Å². The van der Waals surface area contributed by atoms with Gasteiger partial charge in [0.25, 0.3) is 0 Å². The fourth-order valence-corrected chi connectivity index (χ4v) is 5.25. The highest BCUT2D eigenvalue weighted by Gasteiger charge is 2.23.